The molecule has 0 amide bonds. The summed E-state index contributed by atoms with van der Waals surface area (Å²) in [5, 5.41) is 0. The molecule has 0 bridgehead atoms. The van der Waals surface area contributed by atoms with Crippen molar-refractivity contribution in [2.75, 3.05) is 6.54 Å². The first-order chi connectivity index (χ1) is 7.68. The SMILES string of the molecule is BrC=C(Br)Br.CCCCCCCCCCN. The van der Waals surface area contributed by atoms with Gasteiger partial charge >= 0.3 is 0 Å². The normalized spacial score (nSPS) is 9.31. The van der Waals surface area contributed by atoms with Gasteiger partial charge in [0.1, 0.15) is 0 Å². The van der Waals surface area contributed by atoms with Crippen LogP contribution in [-0.2, 0) is 0 Å². The van der Waals surface area contributed by atoms with Crippen molar-refractivity contribution in [2.45, 2.75) is 58.3 Å². The van der Waals surface area contributed by atoms with Crippen molar-refractivity contribution in [1.82, 2.24) is 0 Å². The summed E-state index contributed by atoms with van der Waals surface area (Å²) in [5.41, 5.74) is 5.39. The smallest absolute Gasteiger partial charge is 0.0673 e. The Morgan fingerprint density at radius 2 is 1.31 bits per heavy atom. The molecule has 0 radical (unpaired) electrons. The van der Waals surface area contributed by atoms with Gasteiger partial charge in [0.2, 0.25) is 0 Å². The molecular weight excluding hydrogens is 398 g/mol. The molecular formula is C12H24Br3N. The van der Waals surface area contributed by atoms with Crippen LogP contribution in [0.5, 0.6) is 0 Å². The predicted octanol–water partition coefficient (Wildman–Crippen LogP) is 6.06. The van der Waals surface area contributed by atoms with Gasteiger partial charge in [0, 0.05) is 4.99 Å². The highest BCUT2D eigenvalue weighted by Crippen LogP contribution is 2.13. The Morgan fingerprint density at radius 3 is 1.62 bits per heavy atom. The zero-order chi connectivity index (χ0) is 12.6. The van der Waals surface area contributed by atoms with Gasteiger partial charge in [-0.2, -0.15) is 0 Å². The molecule has 0 aromatic rings. The molecule has 98 valence electrons. The van der Waals surface area contributed by atoms with Crippen molar-refractivity contribution in [3.05, 3.63) is 8.38 Å². The minimum atomic E-state index is 0.870. The molecule has 0 saturated carbocycles. The Bertz CT molecular complexity index is 137. The third-order valence-electron chi connectivity index (χ3n) is 2.14. The second-order valence-electron chi connectivity index (χ2n) is 3.66. The van der Waals surface area contributed by atoms with Gasteiger partial charge in [0.25, 0.3) is 0 Å². The summed E-state index contributed by atoms with van der Waals surface area (Å²) in [5.74, 6) is 0. The summed E-state index contributed by atoms with van der Waals surface area (Å²) in [4.78, 5) is 1.73. The first-order valence-corrected chi connectivity index (χ1v) is 8.50. The Hall–Kier alpha value is 1.14. The van der Waals surface area contributed by atoms with E-state index in [0.29, 0.717) is 0 Å². The second-order valence-corrected chi connectivity index (χ2v) is 6.89. The van der Waals surface area contributed by atoms with E-state index in [-0.39, 0.29) is 0 Å². The topological polar surface area (TPSA) is 26.0 Å². The molecule has 16 heavy (non-hydrogen) atoms. The molecule has 0 aliphatic carbocycles. The van der Waals surface area contributed by atoms with E-state index >= 15 is 0 Å². The van der Waals surface area contributed by atoms with Crippen molar-refractivity contribution in [2.24, 2.45) is 5.73 Å². The average molecular weight is 422 g/mol. The summed E-state index contributed by atoms with van der Waals surface area (Å²) < 4.78 is 0.921. The Labute approximate surface area is 126 Å². The molecule has 0 aromatic heterocycles. The number of hydrogen-bond acceptors (Lipinski definition) is 1. The average Bonchev–Trinajstić information content (AvgIpc) is 2.29. The van der Waals surface area contributed by atoms with Crippen LogP contribution >= 0.6 is 47.8 Å². The Balaban J connectivity index is 0. The largest absolute Gasteiger partial charge is 0.330 e. The molecule has 0 aromatic carbocycles. The summed E-state index contributed by atoms with van der Waals surface area (Å²) >= 11 is 9.27. The van der Waals surface area contributed by atoms with Crippen molar-refractivity contribution >= 4 is 47.8 Å². The van der Waals surface area contributed by atoms with Crippen LogP contribution in [0.15, 0.2) is 8.38 Å². The van der Waals surface area contributed by atoms with E-state index in [0.717, 1.165) is 9.94 Å². The molecule has 0 aliphatic rings. The van der Waals surface area contributed by atoms with Gasteiger partial charge in [-0.25, -0.2) is 0 Å². The zero-order valence-corrected chi connectivity index (χ0v) is 14.9. The van der Waals surface area contributed by atoms with E-state index < -0.39 is 0 Å². The maximum absolute atomic E-state index is 5.39. The number of hydrogen-bond donors (Lipinski definition) is 1. The lowest BCUT2D eigenvalue weighted by Crippen LogP contribution is -1.97. The van der Waals surface area contributed by atoms with Gasteiger partial charge in [-0.3, -0.25) is 0 Å². The monoisotopic (exact) mass is 419 g/mol. The lowest BCUT2D eigenvalue weighted by Gasteiger charge is -1.99. The maximum atomic E-state index is 5.39. The van der Waals surface area contributed by atoms with E-state index in [9.17, 15) is 0 Å². The molecule has 0 saturated heterocycles. The van der Waals surface area contributed by atoms with Crippen LogP contribution in [-0.4, -0.2) is 6.54 Å². The molecule has 1 nitrogen and oxygen atoms in total. The maximum Gasteiger partial charge on any atom is 0.0673 e. The van der Waals surface area contributed by atoms with Crippen LogP contribution < -0.4 is 5.73 Å². The third kappa shape index (κ3) is 24.4. The molecule has 0 unspecified atom stereocenters. The zero-order valence-electron chi connectivity index (χ0n) is 10.2. The molecule has 0 aliphatic heterocycles. The molecule has 0 fully saturated rings. The summed E-state index contributed by atoms with van der Waals surface area (Å²) in [7, 11) is 0. The minimum absolute atomic E-state index is 0.870. The van der Waals surface area contributed by atoms with Crippen molar-refractivity contribution in [3.8, 4) is 0 Å². The van der Waals surface area contributed by atoms with E-state index in [1.165, 1.54) is 51.4 Å². The molecule has 2 N–H and O–H groups in total. The lowest BCUT2D eigenvalue weighted by molar-refractivity contribution is 0.578. The third-order valence-corrected chi connectivity index (χ3v) is 4.28. The minimum Gasteiger partial charge on any atom is -0.330 e. The number of halogens is 3. The highest BCUT2D eigenvalue weighted by Gasteiger charge is 1.89. The number of unbranched alkanes of at least 4 members (excludes halogenated alkanes) is 7. The van der Waals surface area contributed by atoms with Gasteiger partial charge in [-0.05, 0) is 44.8 Å². The lowest BCUT2D eigenvalue weighted by atomic mass is 10.1. The van der Waals surface area contributed by atoms with Crippen LogP contribution in [0, 0.1) is 0 Å². The molecule has 4 heteroatoms. The fourth-order valence-electron chi connectivity index (χ4n) is 1.28. The summed E-state index contributed by atoms with van der Waals surface area (Å²) in [6.07, 6.45) is 11.0. The Kier molecular flexibility index (Phi) is 22.5. The highest BCUT2D eigenvalue weighted by molar-refractivity contribution is 9.29. The fraction of sp³-hybridized carbons (Fsp3) is 0.833. The van der Waals surface area contributed by atoms with Gasteiger partial charge in [-0.1, -0.05) is 67.8 Å². The predicted molar refractivity (Wildman–Crippen MR) is 86.5 cm³/mol. The van der Waals surface area contributed by atoms with Gasteiger partial charge in [-0.15, -0.1) is 0 Å². The van der Waals surface area contributed by atoms with E-state index in [1.807, 2.05) is 0 Å². The quantitative estimate of drug-likeness (QED) is 0.474. The Morgan fingerprint density at radius 1 is 0.938 bits per heavy atom. The molecule has 0 spiro atoms. The summed E-state index contributed by atoms with van der Waals surface area (Å²) in [6.45, 7) is 3.13. The van der Waals surface area contributed by atoms with E-state index in [4.69, 9.17) is 5.73 Å². The first-order valence-electron chi connectivity index (χ1n) is 6.00. The van der Waals surface area contributed by atoms with Crippen molar-refractivity contribution in [1.29, 1.82) is 0 Å². The van der Waals surface area contributed by atoms with Crippen LogP contribution in [0.3, 0.4) is 0 Å². The molecule has 0 rings (SSSR count). The fourth-order valence-corrected chi connectivity index (χ4v) is 1.28. The molecule has 0 atom stereocenters. The van der Waals surface area contributed by atoms with Crippen LogP contribution in [0.1, 0.15) is 58.3 Å². The molecule has 0 heterocycles. The second kappa shape index (κ2) is 18.5. The van der Waals surface area contributed by atoms with Crippen molar-refractivity contribution < 1.29 is 0 Å². The highest BCUT2D eigenvalue weighted by atomic mass is 79.9. The van der Waals surface area contributed by atoms with E-state index in [2.05, 4.69) is 54.7 Å². The van der Waals surface area contributed by atoms with E-state index in [1.54, 1.807) is 4.99 Å². The van der Waals surface area contributed by atoms with Gasteiger partial charge < -0.3 is 5.73 Å². The van der Waals surface area contributed by atoms with Crippen LogP contribution in [0.2, 0.25) is 0 Å². The standard InChI is InChI=1S/C10H23N.C2HBr3/c1-2-3-4-5-6-7-8-9-10-11;3-1-2(4)5/h2-11H2,1H3;1H. The number of nitrogens with two attached hydrogens (primary N) is 1. The van der Waals surface area contributed by atoms with Gasteiger partial charge in [0.15, 0.2) is 0 Å². The first kappa shape index (κ1) is 19.5. The van der Waals surface area contributed by atoms with Gasteiger partial charge in [0.05, 0.1) is 3.39 Å². The van der Waals surface area contributed by atoms with Crippen LogP contribution in [0.4, 0.5) is 0 Å². The number of rotatable bonds is 8. The van der Waals surface area contributed by atoms with Crippen molar-refractivity contribution in [3.63, 3.8) is 0 Å². The summed E-state index contributed by atoms with van der Waals surface area (Å²) in [6, 6.07) is 0. The van der Waals surface area contributed by atoms with Crippen LogP contribution in [0.25, 0.3) is 0 Å².